The summed E-state index contributed by atoms with van der Waals surface area (Å²) in [6.45, 7) is 3.22. The van der Waals surface area contributed by atoms with E-state index in [-0.39, 0.29) is 5.56 Å². The number of amides is 1. The van der Waals surface area contributed by atoms with Crippen LogP contribution in [0.25, 0.3) is 0 Å². The van der Waals surface area contributed by atoms with E-state index < -0.39 is 21.5 Å². The fourth-order valence-electron chi connectivity index (χ4n) is 2.31. The smallest absolute Gasteiger partial charge is 0.260 e. The first-order chi connectivity index (χ1) is 10.4. The number of nitrogens with one attached hydrogen (secondary N) is 2. The van der Waals surface area contributed by atoms with Gasteiger partial charge in [-0.3, -0.25) is 14.5 Å². The number of aromatic nitrogens is 1. The molecule has 2 N–H and O–H groups in total. The highest BCUT2D eigenvalue weighted by molar-refractivity contribution is 7.88. The zero-order valence-corrected chi connectivity index (χ0v) is 13.2. The van der Waals surface area contributed by atoms with Crippen LogP contribution in [-0.2, 0) is 10.0 Å². The normalized spacial score (nSPS) is 17.3. The number of rotatable bonds is 5. The van der Waals surface area contributed by atoms with Crippen LogP contribution in [0.2, 0.25) is 0 Å². The molecule has 2 heterocycles. The van der Waals surface area contributed by atoms with Gasteiger partial charge in [0.1, 0.15) is 5.56 Å². The zero-order chi connectivity index (χ0) is 16.2. The third-order valence-corrected chi connectivity index (χ3v) is 4.88. The maximum absolute atomic E-state index is 11.9. The second-order valence-electron chi connectivity index (χ2n) is 5.17. The molecule has 0 spiro atoms. The molecule has 9 heteroatoms. The average Bonchev–Trinajstić information content (AvgIpc) is 2.47. The summed E-state index contributed by atoms with van der Waals surface area (Å²) in [6.07, 6.45) is 2.68. The molecule has 1 aliphatic heterocycles. The Kier molecular flexibility index (Phi) is 5.33. The van der Waals surface area contributed by atoms with Crippen molar-refractivity contribution in [2.24, 2.45) is 0 Å². The van der Waals surface area contributed by atoms with Gasteiger partial charge in [0.25, 0.3) is 11.5 Å². The Bertz CT molecular complexity index is 677. The van der Waals surface area contributed by atoms with Crippen molar-refractivity contribution < 1.29 is 13.2 Å². The van der Waals surface area contributed by atoms with Gasteiger partial charge in [0.05, 0.1) is 6.26 Å². The predicted molar refractivity (Wildman–Crippen MR) is 82.3 cm³/mol. The predicted octanol–water partition coefficient (Wildman–Crippen LogP) is -1.32. The number of piperazine rings is 1. The maximum atomic E-state index is 11.9. The zero-order valence-electron chi connectivity index (χ0n) is 12.4. The number of hydrogen-bond donors (Lipinski definition) is 2. The number of H-pyrrole nitrogens is 1. The molecule has 1 aromatic heterocycles. The fourth-order valence-corrected chi connectivity index (χ4v) is 3.13. The Morgan fingerprint density at radius 2 is 2.00 bits per heavy atom. The summed E-state index contributed by atoms with van der Waals surface area (Å²) >= 11 is 0. The van der Waals surface area contributed by atoms with Crippen LogP contribution in [0.15, 0.2) is 23.1 Å². The molecule has 0 radical (unpaired) electrons. The van der Waals surface area contributed by atoms with Crippen molar-refractivity contribution in [2.75, 3.05) is 45.5 Å². The summed E-state index contributed by atoms with van der Waals surface area (Å²) < 4.78 is 24.3. The van der Waals surface area contributed by atoms with Crippen molar-refractivity contribution in [2.45, 2.75) is 0 Å². The molecular formula is C13H20N4O4S. The van der Waals surface area contributed by atoms with Crippen molar-refractivity contribution in [1.29, 1.82) is 0 Å². The minimum Gasteiger partial charge on any atom is -0.351 e. The monoisotopic (exact) mass is 328 g/mol. The van der Waals surface area contributed by atoms with Gasteiger partial charge in [0.2, 0.25) is 10.0 Å². The van der Waals surface area contributed by atoms with Gasteiger partial charge >= 0.3 is 0 Å². The summed E-state index contributed by atoms with van der Waals surface area (Å²) in [4.78, 5) is 27.9. The van der Waals surface area contributed by atoms with Crippen molar-refractivity contribution >= 4 is 15.9 Å². The molecule has 1 fully saturated rings. The summed E-state index contributed by atoms with van der Waals surface area (Å²) in [7, 11) is -3.13. The molecule has 8 nitrogen and oxygen atoms in total. The largest absolute Gasteiger partial charge is 0.351 e. The van der Waals surface area contributed by atoms with E-state index in [9.17, 15) is 18.0 Å². The van der Waals surface area contributed by atoms with E-state index in [2.05, 4.69) is 15.2 Å². The van der Waals surface area contributed by atoms with Gasteiger partial charge in [-0.05, 0) is 12.1 Å². The molecule has 1 saturated heterocycles. The molecule has 0 atom stereocenters. The Balaban J connectivity index is 1.75. The molecular weight excluding hydrogens is 308 g/mol. The van der Waals surface area contributed by atoms with Crippen LogP contribution in [0.3, 0.4) is 0 Å². The molecule has 0 aromatic carbocycles. The van der Waals surface area contributed by atoms with Crippen molar-refractivity contribution in [1.82, 2.24) is 19.5 Å². The van der Waals surface area contributed by atoms with E-state index in [4.69, 9.17) is 0 Å². The summed E-state index contributed by atoms with van der Waals surface area (Å²) in [6, 6.07) is 3.07. The number of carbonyl (C=O) groups is 1. The summed E-state index contributed by atoms with van der Waals surface area (Å²) in [5.41, 5.74) is -0.328. The van der Waals surface area contributed by atoms with Crippen LogP contribution in [0.1, 0.15) is 10.4 Å². The highest BCUT2D eigenvalue weighted by Crippen LogP contribution is 2.05. The van der Waals surface area contributed by atoms with Crippen LogP contribution in [0.5, 0.6) is 0 Å². The van der Waals surface area contributed by atoms with Crippen molar-refractivity contribution in [3.8, 4) is 0 Å². The lowest BCUT2D eigenvalue weighted by Gasteiger charge is -2.33. The molecule has 0 unspecified atom stereocenters. The summed E-state index contributed by atoms with van der Waals surface area (Å²) in [5.74, 6) is -0.406. The minimum absolute atomic E-state index is 0.0874. The first kappa shape index (κ1) is 16.7. The van der Waals surface area contributed by atoms with Crippen LogP contribution < -0.4 is 10.9 Å². The number of nitrogens with zero attached hydrogens (tertiary/aromatic N) is 2. The summed E-state index contributed by atoms with van der Waals surface area (Å²) in [5, 5.41) is 2.70. The van der Waals surface area contributed by atoms with Gasteiger partial charge in [0, 0.05) is 45.5 Å². The molecule has 1 aliphatic rings. The molecule has 0 aliphatic carbocycles. The van der Waals surface area contributed by atoms with Gasteiger partial charge in [-0.1, -0.05) is 0 Å². The fraction of sp³-hybridized carbons (Fsp3) is 0.538. The van der Waals surface area contributed by atoms with E-state index in [1.54, 1.807) is 6.07 Å². The number of pyridine rings is 1. The first-order valence-corrected chi connectivity index (χ1v) is 8.86. The Morgan fingerprint density at radius 1 is 1.32 bits per heavy atom. The second-order valence-corrected chi connectivity index (χ2v) is 7.15. The highest BCUT2D eigenvalue weighted by Gasteiger charge is 2.23. The van der Waals surface area contributed by atoms with E-state index in [1.807, 2.05) is 0 Å². The Hall–Kier alpha value is -1.71. The SMILES string of the molecule is CS(=O)(=O)N1CCN(CCNC(=O)c2ccc[nH]c2=O)CC1. The van der Waals surface area contributed by atoms with Gasteiger partial charge in [0.15, 0.2) is 0 Å². The third-order valence-electron chi connectivity index (χ3n) is 3.58. The van der Waals surface area contributed by atoms with E-state index in [0.717, 1.165) is 0 Å². The van der Waals surface area contributed by atoms with Gasteiger partial charge < -0.3 is 10.3 Å². The molecule has 1 aromatic rings. The van der Waals surface area contributed by atoms with Crippen LogP contribution >= 0.6 is 0 Å². The minimum atomic E-state index is -3.13. The molecule has 2 rings (SSSR count). The van der Waals surface area contributed by atoms with E-state index in [0.29, 0.717) is 39.3 Å². The second kappa shape index (κ2) is 7.03. The van der Waals surface area contributed by atoms with E-state index >= 15 is 0 Å². The standard InChI is InChI=1S/C13H20N4O4S/c1-22(20,21)17-9-7-16(8-10-17)6-5-15-13(19)11-3-2-4-14-12(11)18/h2-4H,5-10H2,1H3,(H,14,18)(H,15,19). The third kappa shape index (κ3) is 4.39. The van der Waals surface area contributed by atoms with E-state index in [1.165, 1.54) is 22.8 Å². The topological polar surface area (TPSA) is 103 Å². The number of sulfonamides is 1. The van der Waals surface area contributed by atoms with Crippen molar-refractivity contribution in [3.05, 3.63) is 34.2 Å². The number of hydrogen-bond acceptors (Lipinski definition) is 5. The van der Waals surface area contributed by atoms with Gasteiger partial charge in [-0.15, -0.1) is 0 Å². The van der Waals surface area contributed by atoms with Gasteiger partial charge in [-0.2, -0.15) is 4.31 Å². The highest BCUT2D eigenvalue weighted by atomic mass is 32.2. The average molecular weight is 328 g/mol. The lowest BCUT2D eigenvalue weighted by atomic mass is 10.2. The van der Waals surface area contributed by atoms with Crippen LogP contribution in [-0.4, -0.2) is 74.0 Å². The maximum Gasteiger partial charge on any atom is 0.260 e. The lowest BCUT2D eigenvalue weighted by Crippen LogP contribution is -2.50. The molecule has 0 saturated carbocycles. The first-order valence-electron chi connectivity index (χ1n) is 7.01. The molecule has 122 valence electrons. The van der Waals surface area contributed by atoms with Crippen molar-refractivity contribution in [3.63, 3.8) is 0 Å². The molecule has 1 amide bonds. The Morgan fingerprint density at radius 3 is 2.59 bits per heavy atom. The quantitative estimate of drug-likeness (QED) is 0.698. The molecule has 22 heavy (non-hydrogen) atoms. The van der Waals surface area contributed by atoms with Gasteiger partial charge in [-0.25, -0.2) is 8.42 Å². The number of carbonyl (C=O) groups excluding carboxylic acids is 1. The number of aromatic amines is 1. The van der Waals surface area contributed by atoms with Crippen LogP contribution in [0.4, 0.5) is 0 Å². The van der Waals surface area contributed by atoms with Crippen LogP contribution in [0, 0.1) is 0 Å². The lowest BCUT2D eigenvalue weighted by molar-refractivity contribution is 0.0943. The Labute approximate surface area is 129 Å². The molecule has 0 bridgehead atoms.